The van der Waals surface area contributed by atoms with Crippen LogP contribution < -0.4 is 11.1 Å². The molecule has 1 heterocycles. The second kappa shape index (κ2) is 5.19. The summed E-state index contributed by atoms with van der Waals surface area (Å²) < 4.78 is 0. The smallest absolute Gasteiger partial charge is 0.249 e. The lowest BCUT2D eigenvalue weighted by Gasteiger charge is -2.19. The summed E-state index contributed by atoms with van der Waals surface area (Å²) in [7, 11) is 0. The molecule has 0 aromatic carbocycles. The first-order chi connectivity index (χ1) is 8.08. The van der Waals surface area contributed by atoms with E-state index in [0.29, 0.717) is 11.6 Å². The molecule has 1 amide bonds. The second-order valence-corrected chi connectivity index (χ2v) is 6.06. The van der Waals surface area contributed by atoms with Crippen molar-refractivity contribution >= 4 is 17.2 Å². The first kappa shape index (κ1) is 12.6. The quantitative estimate of drug-likeness (QED) is 0.864. The number of carbonyl (C=O) groups excluding carboxylic acids is 1. The maximum atomic E-state index is 11.0. The number of carbonyl (C=O) groups is 1. The third-order valence-corrected chi connectivity index (χ3v) is 4.88. The Kier molecular flexibility index (Phi) is 3.84. The summed E-state index contributed by atoms with van der Waals surface area (Å²) >= 11 is 1.60. The zero-order chi connectivity index (χ0) is 12.4. The molecule has 1 aromatic rings. The molecule has 0 bridgehead atoms. The highest BCUT2D eigenvalue weighted by Crippen LogP contribution is 2.31. The number of rotatable bonds is 4. The van der Waals surface area contributed by atoms with Gasteiger partial charge in [0.05, 0.1) is 5.56 Å². The summed E-state index contributed by atoms with van der Waals surface area (Å²) in [6, 6.07) is 2.51. The minimum Gasteiger partial charge on any atom is -0.366 e. The molecule has 2 rings (SSSR count). The van der Waals surface area contributed by atoms with Crippen molar-refractivity contribution in [3.05, 3.63) is 21.9 Å². The van der Waals surface area contributed by atoms with Crippen LogP contribution in [0.25, 0.3) is 0 Å². The molecule has 1 aliphatic carbocycles. The molecule has 1 aliphatic rings. The fraction of sp³-hybridized carbons (Fsp3) is 0.615. The van der Waals surface area contributed by atoms with E-state index in [1.807, 2.05) is 11.4 Å². The van der Waals surface area contributed by atoms with Crippen molar-refractivity contribution in [1.29, 1.82) is 0 Å². The zero-order valence-corrected chi connectivity index (χ0v) is 11.2. The maximum Gasteiger partial charge on any atom is 0.249 e. The van der Waals surface area contributed by atoms with Crippen LogP contribution in [0.1, 0.15) is 41.9 Å². The number of nitrogens with one attached hydrogen (secondary N) is 1. The van der Waals surface area contributed by atoms with Gasteiger partial charge in [0.25, 0.3) is 0 Å². The summed E-state index contributed by atoms with van der Waals surface area (Å²) in [4.78, 5) is 12.2. The van der Waals surface area contributed by atoms with Gasteiger partial charge in [-0.1, -0.05) is 13.8 Å². The minimum absolute atomic E-state index is 0.338. The van der Waals surface area contributed by atoms with Crippen LogP contribution >= 0.6 is 11.3 Å². The van der Waals surface area contributed by atoms with Crippen molar-refractivity contribution < 1.29 is 4.79 Å². The van der Waals surface area contributed by atoms with Crippen molar-refractivity contribution in [3.63, 3.8) is 0 Å². The van der Waals surface area contributed by atoms with Gasteiger partial charge in [-0.3, -0.25) is 4.79 Å². The average Bonchev–Trinajstić information content (AvgIpc) is 2.86. The Morgan fingerprint density at radius 2 is 2.29 bits per heavy atom. The molecule has 0 spiro atoms. The molecule has 94 valence electrons. The maximum absolute atomic E-state index is 11.0. The molecule has 0 radical (unpaired) electrons. The van der Waals surface area contributed by atoms with Gasteiger partial charge in [-0.05, 0) is 30.7 Å². The molecule has 3 N–H and O–H groups in total. The number of nitrogens with two attached hydrogens (primary N) is 1. The lowest BCUT2D eigenvalue weighted by atomic mass is 9.98. The normalized spacial score (nSPS) is 28.5. The second-order valence-electron chi connectivity index (χ2n) is 5.07. The van der Waals surface area contributed by atoms with Gasteiger partial charge in [-0.15, -0.1) is 11.3 Å². The number of hydrogen-bond donors (Lipinski definition) is 2. The van der Waals surface area contributed by atoms with E-state index in [4.69, 9.17) is 5.73 Å². The van der Waals surface area contributed by atoms with Crippen LogP contribution in [0.15, 0.2) is 11.4 Å². The predicted octanol–water partition coefficient (Wildman–Crippen LogP) is 2.37. The Balaban J connectivity index is 1.87. The summed E-state index contributed by atoms with van der Waals surface area (Å²) in [5.41, 5.74) is 5.86. The van der Waals surface area contributed by atoms with Crippen LogP contribution in [0.2, 0.25) is 0 Å². The van der Waals surface area contributed by atoms with E-state index in [1.165, 1.54) is 17.7 Å². The molecular formula is C13H20N2OS. The highest BCUT2D eigenvalue weighted by molar-refractivity contribution is 7.10. The van der Waals surface area contributed by atoms with Crippen molar-refractivity contribution in [2.75, 3.05) is 0 Å². The van der Waals surface area contributed by atoms with E-state index in [1.54, 1.807) is 11.3 Å². The lowest BCUT2D eigenvalue weighted by Crippen LogP contribution is -2.31. The largest absolute Gasteiger partial charge is 0.366 e. The van der Waals surface area contributed by atoms with Crippen molar-refractivity contribution in [2.45, 2.75) is 39.3 Å². The Morgan fingerprint density at radius 3 is 2.82 bits per heavy atom. The van der Waals surface area contributed by atoms with Crippen LogP contribution in [-0.2, 0) is 6.54 Å². The van der Waals surface area contributed by atoms with Gasteiger partial charge in [0, 0.05) is 22.8 Å². The van der Waals surface area contributed by atoms with Crippen molar-refractivity contribution in [1.82, 2.24) is 5.32 Å². The Morgan fingerprint density at radius 1 is 1.53 bits per heavy atom. The highest BCUT2D eigenvalue weighted by Gasteiger charge is 2.29. The van der Waals surface area contributed by atoms with Crippen LogP contribution in [-0.4, -0.2) is 11.9 Å². The first-order valence-electron chi connectivity index (χ1n) is 6.18. The Labute approximate surface area is 106 Å². The van der Waals surface area contributed by atoms with E-state index in [2.05, 4.69) is 19.2 Å². The number of thiophene rings is 1. The van der Waals surface area contributed by atoms with E-state index in [-0.39, 0.29) is 5.91 Å². The van der Waals surface area contributed by atoms with Gasteiger partial charge in [0.2, 0.25) is 5.91 Å². The summed E-state index contributed by atoms with van der Waals surface area (Å²) in [6.45, 7) is 5.49. The summed E-state index contributed by atoms with van der Waals surface area (Å²) in [6.07, 6.45) is 2.58. The highest BCUT2D eigenvalue weighted by atomic mass is 32.1. The number of amides is 1. The van der Waals surface area contributed by atoms with Gasteiger partial charge >= 0.3 is 0 Å². The molecule has 1 saturated carbocycles. The molecular weight excluding hydrogens is 232 g/mol. The topological polar surface area (TPSA) is 55.1 Å². The van der Waals surface area contributed by atoms with Gasteiger partial charge < -0.3 is 11.1 Å². The van der Waals surface area contributed by atoms with E-state index >= 15 is 0 Å². The van der Waals surface area contributed by atoms with Crippen LogP contribution in [0.5, 0.6) is 0 Å². The third kappa shape index (κ3) is 2.87. The van der Waals surface area contributed by atoms with E-state index < -0.39 is 0 Å². The van der Waals surface area contributed by atoms with Crippen LogP contribution in [0.3, 0.4) is 0 Å². The predicted molar refractivity (Wildman–Crippen MR) is 71.0 cm³/mol. The average molecular weight is 252 g/mol. The van der Waals surface area contributed by atoms with Crippen LogP contribution in [0.4, 0.5) is 0 Å². The van der Waals surface area contributed by atoms with Gasteiger partial charge in [0.1, 0.15) is 0 Å². The van der Waals surface area contributed by atoms with Gasteiger partial charge in [-0.25, -0.2) is 0 Å². The van der Waals surface area contributed by atoms with Crippen molar-refractivity contribution in [3.8, 4) is 0 Å². The Bertz CT molecular complexity index is 402. The molecule has 3 nitrogen and oxygen atoms in total. The fourth-order valence-corrected chi connectivity index (χ4v) is 3.31. The lowest BCUT2D eigenvalue weighted by molar-refractivity contribution is 0.100. The molecule has 1 aromatic heterocycles. The SMILES string of the molecule is CC1CCC(NCc2cc(C(N)=O)cs2)C1C. The molecule has 4 heteroatoms. The standard InChI is InChI=1S/C13H20N2OS/c1-8-3-4-12(9(8)2)15-6-11-5-10(7-17-11)13(14)16/h5,7-9,12,15H,3-4,6H2,1-2H3,(H2,14,16). The summed E-state index contributed by atoms with van der Waals surface area (Å²) in [5, 5.41) is 5.42. The first-order valence-corrected chi connectivity index (χ1v) is 7.06. The monoisotopic (exact) mass is 252 g/mol. The van der Waals surface area contributed by atoms with E-state index in [9.17, 15) is 4.79 Å². The van der Waals surface area contributed by atoms with Crippen LogP contribution in [0, 0.1) is 11.8 Å². The molecule has 1 fully saturated rings. The minimum atomic E-state index is -0.338. The number of primary amides is 1. The molecule has 3 unspecified atom stereocenters. The molecule has 0 aliphatic heterocycles. The molecule has 3 atom stereocenters. The van der Waals surface area contributed by atoms with E-state index in [0.717, 1.165) is 18.4 Å². The Hall–Kier alpha value is -0.870. The zero-order valence-electron chi connectivity index (χ0n) is 10.4. The van der Waals surface area contributed by atoms with Gasteiger partial charge in [-0.2, -0.15) is 0 Å². The fourth-order valence-electron chi connectivity index (χ4n) is 2.49. The molecule has 17 heavy (non-hydrogen) atoms. The number of hydrogen-bond acceptors (Lipinski definition) is 3. The van der Waals surface area contributed by atoms with Gasteiger partial charge in [0.15, 0.2) is 0 Å². The van der Waals surface area contributed by atoms with Crippen molar-refractivity contribution in [2.24, 2.45) is 17.6 Å². The molecule has 0 saturated heterocycles. The third-order valence-electron chi connectivity index (χ3n) is 3.94. The summed E-state index contributed by atoms with van der Waals surface area (Å²) in [5.74, 6) is 1.22.